The zero-order valence-electron chi connectivity index (χ0n) is 13.2. The molecule has 0 spiro atoms. The van der Waals surface area contributed by atoms with Crippen molar-refractivity contribution in [3.63, 3.8) is 0 Å². The van der Waals surface area contributed by atoms with E-state index < -0.39 is 0 Å². The first kappa shape index (κ1) is 15.6. The fourth-order valence-electron chi connectivity index (χ4n) is 3.02. The Kier molecular flexibility index (Phi) is 3.86. The molecule has 0 saturated heterocycles. The van der Waals surface area contributed by atoms with E-state index in [4.69, 9.17) is 0 Å². The number of nitrogens with one attached hydrogen (secondary N) is 1. The maximum Gasteiger partial charge on any atom is 0.150 e. The highest BCUT2D eigenvalue weighted by Gasteiger charge is 2.22. The van der Waals surface area contributed by atoms with Gasteiger partial charge in [-0.15, -0.1) is 0 Å². The first-order valence-electron chi connectivity index (χ1n) is 7.81. The van der Waals surface area contributed by atoms with Crippen LogP contribution in [0, 0.1) is 11.3 Å². The second-order valence-corrected chi connectivity index (χ2v) is 6.74. The lowest BCUT2D eigenvalue weighted by Crippen LogP contribution is -2.02. The molecule has 0 fully saturated rings. The number of nitrogens with zero attached hydrogens (tertiary/aromatic N) is 3. The molecule has 2 aromatic carbocycles. The summed E-state index contributed by atoms with van der Waals surface area (Å²) in [5.74, 6) is 0.707. The molecule has 0 aliphatic carbocycles. The molecular weight excluding hydrogens is 380 g/mol. The molecule has 25 heavy (non-hydrogen) atoms. The predicted molar refractivity (Wildman–Crippen MR) is 98.9 cm³/mol. The summed E-state index contributed by atoms with van der Waals surface area (Å²) in [7, 11) is 0. The van der Waals surface area contributed by atoms with Gasteiger partial charge < -0.3 is 5.32 Å². The Morgan fingerprint density at radius 2 is 2.04 bits per heavy atom. The number of halogens is 1. The summed E-state index contributed by atoms with van der Waals surface area (Å²) in [4.78, 5) is 10.8. The number of anilines is 2. The van der Waals surface area contributed by atoms with Crippen molar-refractivity contribution in [2.75, 3.05) is 5.32 Å². The number of carbonyl (C=O) groups is 1. The number of hydrogen-bond donors (Lipinski definition) is 1. The normalized spacial score (nSPS) is 12.3. The Morgan fingerprint density at radius 3 is 2.76 bits per heavy atom. The molecule has 1 N–H and O–H groups in total. The average Bonchev–Trinajstić information content (AvgIpc) is 2.89. The average molecular weight is 393 g/mol. The zero-order valence-corrected chi connectivity index (χ0v) is 14.7. The molecule has 122 valence electrons. The van der Waals surface area contributed by atoms with Gasteiger partial charge in [0.2, 0.25) is 0 Å². The Labute approximate surface area is 153 Å². The van der Waals surface area contributed by atoms with E-state index in [-0.39, 0.29) is 0 Å². The maximum absolute atomic E-state index is 10.8. The van der Waals surface area contributed by atoms with Crippen molar-refractivity contribution in [3.05, 3.63) is 63.6 Å². The molecule has 0 saturated carbocycles. The van der Waals surface area contributed by atoms with Crippen molar-refractivity contribution >= 4 is 33.7 Å². The molecule has 0 atom stereocenters. The zero-order chi connectivity index (χ0) is 17.4. The van der Waals surface area contributed by atoms with Crippen LogP contribution >= 0.6 is 15.9 Å². The van der Waals surface area contributed by atoms with Gasteiger partial charge in [-0.3, -0.25) is 4.79 Å². The van der Waals surface area contributed by atoms with E-state index in [0.29, 0.717) is 29.2 Å². The Bertz CT molecular complexity index is 1020. The highest BCUT2D eigenvalue weighted by atomic mass is 79.9. The van der Waals surface area contributed by atoms with Gasteiger partial charge in [0.25, 0.3) is 0 Å². The molecule has 5 nitrogen and oxygen atoms in total. The molecule has 3 aromatic rings. The van der Waals surface area contributed by atoms with E-state index in [2.05, 4.69) is 38.5 Å². The lowest BCUT2D eigenvalue weighted by molar-refractivity contribution is 0.112. The van der Waals surface area contributed by atoms with E-state index in [1.807, 2.05) is 28.9 Å². The highest BCUT2D eigenvalue weighted by molar-refractivity contribution is 9.10. The van der Waals surface area contributed by atoms with Crippen LogP contribution in [0.2, 0.25) is 0 Å². The van der Waals surface area contributed by atoms with Gasteiger partial charge in [0.15, 0.2) is 0 Å². The van der Waals surface area contributed by atoms with Gasteiger partial charge in [0.1, 0.15) is 29.4 Å². The second-order valence-electron chi connectivity index (χ2n) is 5.82. The molecule has 1 aliphatic heterocycles. The van der Waals surface area contributed by atoms with Gasteiger partial charge in [-0.2, -0.15) is 10.4 Å². The quantitative estimate of drug-likeness (QED) is 0.660. The molecule has 6 heteroatoms. The first-order chi connectivity index (χ1) is 12.2. The van der Waals surface area contributed by atoms with Gasteiger partial charge >= 0.3 is 0 Å². The van der Waals surface area contributed by atoms with Crippen molar-refractivity contribution in [2.45, 2.75) is 13.0 Å². The van der Waals surface area contributed by atoms with Crippen molar-refractivity contribution in [3.8, 4) is 17.3 Å². The number of rotatable bonds is 2. The highest BCUT2D eigenvalue weighted by Crippen LogP contribution is 2.34. The minimum atomic E-state index is 0.509. The molecule has 0 radical (unpaired) electrons. The third-order valence-corrected chi connectivity index (χ3v) is 4.79. The summed E-state index contributed by atoms with van der Waals surface area (Å²) in [5, 5.41) is 17.7. The smallest absolute Gasteiger partial charge is 0.150 e. The second kappa shape index (κ2) is 6.19. The van der Waals surface area contributed by atoms with E-state index in [1.165, 1.54) is 5.56 Å². The number of aromatic nitrogens is 2. The van der Waals surface area contributed by atoms with E-state index in [1.54, 1.807) is 12.1 Å². The summed E-state index contributed by atoms with van der Waals surface area (Å²) >= 11 is 3.50. The van der Waals surface area contributed by atoms with Crippen LogP contribution in [-0.4, -0.2) is 16.1 Å². The molecule has 0 bridgehead atoms. The van der Waals surface area contributed by atoms with Crippen LogP contribution in [-0.2, 0) is 13.0 Å². The number of fused-ring (bicyclic) bond motifs is 2. The van der Waals surface area contributed by atoms with E-state index in [0.717, 1.165) is 28.4 Å². The van der Waals surface area contributed by atoms with Crippen molar-refractivity contribution < 1.29 is 4.79 Å². The molecule has 1 aliphatic rings. The molecule has 2 heterocycles. The fraction of sp³-hybridized carbons (Fsp3) is 0.105. The monoisotopic (exact) mass is 392 g/mol. The molecule has 0 unspecified atom stereocenters. The minimum Gasteiger partial charge on any atom is -0.339 e. The van der Waals surface area contributed by atoms with Gasteiger partial charge in [0, 0.05) is 27.8 Å². The summed E-state index contributed by atoms with van der Waals surface area (Å²) in [5.41, 5.74) is 4.72. The van der Waals surface area contributed by atoms with E-state index in [9.17, 15) is 10.1 Å². The third kappa shape index (κ3) is 2.73. The van der Waals surface area contributed by atoms with Gasteiger partial charge in [-0.05, 0) is 30.2 Å². The number of benzene rings is 2. The standard InChI is InChI=1S/C19H13BrN4O/c20-15-5-6-17-14(9-15)7-8-24-19(22-17)16(10-21)18(23-24)13-3-1-12(11-25)2-4-13/h1-6,9,11,22H,7-8H2. The van der Waals surface area contributed by atoms with Gasteiger partial charge in [0.05, 0.1) is 0 Å². The summed E-state index contributed by atoms with van der Waals surface area (Å²) in [6.45, 7) is 0.687. The van der Waals surface area contributed by atoms with Crippen LogP contribution in [0.15, 0.2) is 46.9 Å². The largest absolute Gasteiger partial charge is 0.339 e. The minimum absolute atomic E-state index is 0.509. The maximum atomic E-state index is 10.8. The SMILES string of the molecule is N#Cc1c(-c2ccc(C=O)cc2)nn2c1Nc1ccc(Br)cc1CC2. The summed E-state index contributed by atoms with van der Waals surface area (Å²) < 4.78 is 2.87. The Balaban J connectivity index is 1.81. The van der Waals surface area contributed by atoms with Crippen LogP contribution in [0.5, 0.6) is 0 Å². The van der Waals surface area contributed by atoms with Crippen LogP contribution in [0.3, 0.4) is 0 Å². The first-order valence-corrected chi connectivity index (χ1v) is 8.61. The van der Waals surface area contributed by atoms with Gasteiger partial charge in [-0.1, -0.05) is 40.2 Å². The predicted octanol–water partition coefficient (Wildman–Crippen LogP) is 4.30. The van der Waals surface area contributed by atoms with Gasteiger partial charge in [-0.25, -0.2) is 4.68 Å². The number of aryl methyl sites for hydroxylation is 2. The third-order valence-electron chi connectivity index (χ3n) is 4.30. The number of nitriles is 1. The lowest BCUT2D eigenvalue weighted by Gasteiger charge is -2.08. The Hall–Kier alpha value is -2.91. The van der Waals surface area contributed by atoms with Crippen LogP contribution in [0.4, 0.5) is 11.5 Å². The molecule has 0 amide bonds. The summed E-state index contributed by atoms with van der Waals surface area (Å²) in [6, 6.07) is 15.4. The van der Waals surface area contributed by atoms with Crippen molar-refractivity contribution in [1.29, 1.82) is 5.26 Å². The topological polar surface area (TPSA) is 70.7 Å². The molecular formula is C19H13BrN4O. The van der Waals surface area contributed by atoms with Crippen LogP contribution < -0.4 is 5.32 Å². The fourth-order valence-corrected chi connectivity index (χ4v) is 3.43. The number of aldehydes is 1. The Morgan fingerprint density at radius 1 is 1.24 bits per heavy atom. The number of hydrogen-bond acceptors (Lipinski definition) is 4. The lowest BCUT2D eigenvalue weighted by atomic mass is 10.1. The van der Waals surface area contributed by atoms with Crippen LogP contribution in [0.1, 0.15) is 21.5 Å². The van der Waals surface area contributed by atoms with Crippen molar-refractivity contribution in [2.24, 2.45) is 0 Å². The van der Waals surface area contributed by atoms with Crippen molar-refractivity contribution in [1.82, 2.24) is 9.78 Å². The van der Waals surface area contributed by atoms with Crippen LogP contribution in [0.25, 0.3) is 11.3 Å². The molecule has 1 aromatic heterocycles. The summed E-state index contributed by atoms with van der Waals surface area (Å²) in [6.07, 6.45) is 1.62. The van der Waals surface area contributed by atoms with E-state index >= 15 is 0 Å². The number of carbonyl (C=O) groups excluding carboxylic acids is 1. The molecule has 4 rings (SSSR count).